The first kappa shape index (κ1) is 29.1. The Labute approximate surface area is 184 Å². The third-order valence-corrected chi connectivity index (χ3v) is 5.11. The highest BCUT2D eigenvalue weighted by Gasteiger charge is 2.30. The second-order valence-electron chi connectivity index (χ2n) is 7.68. The number of hydrogen-bond donors (Lipinski definition) is 3. The number of phosphoric acid groups is 1. The molecule has 0 rings (SSSR count). The molecule has 0 aliphatic carbocycles. The molecule has 11 nitrogen and oxygen atoms in total. The highest BCUT2D eigenvalue weighted by molar-refractivity contribution is 7.48. The van der Waals surface area contributed by atoms with Crippen molar-refractivity contribution >= 4 is 26.2 Å². The molecule has 3 atom stereocenters. The Balaban J connectivity index is 4.77. The molecule has 0 heterocycles. The molecule has 0 aromatic heterocycles. The largest absolute Gasteiger partial charge is 0.475 e. The molecule has 0 fully saturated rings. The van der Waals surface area contributed by atoms with Crippen molar-refractivity contribution in [1.29, 1.82) is 0 Å². The maximum absolute atomic E-state index is 12.8. The molecule has 0 aromatic rings. The molecule has 12 heteroatoms. The molecular weight excluding hydrogens is 429 g/mol. The predicted molar refractivity (Wildman–Crippen MR) is 115 cm³/mol. The average Bonchev–Trinajstić information content (AvgIpc) is 2.69. The van der Waals surface area contributed by atoms with Gasteiger partial charge in [-0.05, 0) is 26.7 Å². The first-order valence-corrected chi connectivity index (χ1v) is 11.5. The minimum Gasteiger partial charge on any atom is -0.444 e. The van der Waals surface area contributed by atoms with Gasteiger partial charge in [0, 0.05) is 13.1 Å². The quantitative estimate of drug-likeness (QED) is 0.136. The fraction of sp³-hybridized carbons (Fsp3) is 0.737. The predicted octanol–water partition coefficient (Wildman–Crippen LogP) is 2.13. The maximum Gasteiger partial charge on any atom is 0.475 e. The Hall–Kier alpha value is -1.94. The van der Waals surface area contributed by atoms with Gasteiger partial charge >= 0.3 is 13.9 Å². The van der Waals surface area contributed by atoms with Gasteiger partial charge in [0.15, 0.2) is 0 Å². The topological polar surface area (TPSA) is 141 Å². The van der Waals surface area contributed by atoms with Gasteiger partial charge in [-0.3, -0.25) is 23.2 Å². The van der Waals surface area contributed by atoms with E-state index in [0.717, 1.165) is 6.42 Å². The van der Waals surface area contributed by atoms with Crippen LogP contribution in [0.4, 0.5) is 4.79 Å². The number of carbonyl (C=O) groups excluding carboxylic acids is 3. The van der Waals surface area contributed by atoms with Gasteiger partial charge in [-0.2, -0.15) is 0 Å². The third-order valence-electron chi connectivity index (χ3n) is 3.68. The van der Waals surface area contributed by atoms with Crippen LogP contribution >= 0.6 is 7.82 Å². The summed E-state index contributed by atoms with van der Waals surface area (Å²) in [5, 5.41) is 7.45. The standard InChI is InChI=1S/C19H36N3O8P/c1-7-10-27-31(26,28-11-9-20-18(25)30-19(4,5)6)29-13-16(22-14-23)17(24)21-12-15(3)8-2/h7,14-16H,1,8-13H2,2-6H3,(H,20,25)(H,21,24)(H,22,23). The van der Waals surface area contributed by atoms with Gasteiger partial charge in [0.2, 0.25) is 12.3 Å². The lowest BCUT2D eigenvalue weighted by molar-refractivity contribution is -0.126. The third kappa shape index (κ3) is 14.7. The molecule has 0 saturated carbocycles. The second kappa shape index (κ2) is 15.0. The van der Waals surface area contributed by atoms with Crippen LogP contribution in [0.25, 0.3) is 0 Å². The molecule has 31 heavy (non-hydrogen) atoms. The number of alkyl carbamates (subject to hydrolysis) is 1. The Kier molecular flexibility index (Phi) is 14.0. The van der Waals surface area contributed by atoms with Crippen LogP contribution in [0.5, 0.6) is 0 Å². The van der Waals surface area contributed by atoms with Crippen molar-refractivity contribution in [2.24, 2.45) is 5.92 Å². The van der Waals surface area contributed by atoms with E-state index in [9.17, 15) is 18.9 Å². The number of ether oxygens (including phenoxy) is 1. The van der Waals surface area contributed by atoms with Crippen molar-refractivity contribution in [2.45, 2.75) is 52.7 Å². The van der Waals surface area contributed by atoms with E-state index in [2.05, 4.69) is 22.5 Å². The number of rotatable bonds is 16. The van der Waals surface area contributed by atoms with Gasteiger partial charge in [-0.1, -0.05) is 26.3 Å². The van der Waals surface area contributed by atoms with Crippen LogP contribution in [0.1, 0.15) is 41.0 Å². The molecule has 0 spiro atoms. The molecule has 0 aliphatic heterocycles. The summed E-state index contributed by atoms with van der Waals surface area (Å²) in [6.45, 7) is 12.2. The molecular formula is C19H36N3O8P. The van der Waals surface area contributed by atoms with E-state index in [-0.39, 0.29) is 25.7 Å². The number of phosphoric ester groups is 1. The zero-order valence-corrected chi connectivity index (χ0v) is 19.9. The lowest BCUT2D eigenvalue weighted by atomic mass is 10.1. The van der Waals surface area contributed by atoms with E-state index in [1.807, 2.05) is 13.8 Å². The summed E-state index contributed by atoms with van der Waals surface area (Å²) in [7, 11) is -4.10. The normalized spacial score (nSPS) is 15.1. The lowest BCUT2D eigenvalue weighted by Crippen LogP contribution is -2.47. The fourth-order valence-electron chi connectivity index (χ4n) is 1.87. The zero-order valence-electron chi connectivity index (χ0n) is 19.0. The summed E-state index contributed by atoms with van der Waals surface area (Å²) in [6.07, 6.45) is 1.90. The Morgan fingerprint density at radius 2 is 1.84 bits per heavy atom. The first-order chi connectivity index (χ1) is 14.5. The van der Waals surface area contributed by atoms with Gasteiger partial charge in [0.05, 0.1) is 19.8 Å². The smallest absolute Gasteiger partial charge is 0.444 e. The van der Waals surface area contributed by atoms with Crippen molar-refractivity contribution in [2.75, 3.05) is 32.9 Å². The van der Waals surface area contributed by atoms with Gasteiger partial charge in [-0.15, -0.1) is 6.58 Å². The monoisotopic (exact) mass is 465 g/mol. The minimum absolute atomic E-state index is 0.0227. The van der Waals surface area contributed by atoms with E-state index in [1.165, 1.54) is 6.08 Å². The first-order valence-electron chi connectivity index (χ1n) is 10.0. The molecule has 0 saturated heterocycles. The van der Waals surface area contributed by atoms with Crippen molar-refractivity contribution in [3.05, 3.63) is 12.7 Å². The molecule has 3 N–H and O–H groups in total. The molecule has 0 aliphatic rings. The van der Waals surface area contributed by atoms with Crippen molar-refractivity contribution in [3.63, 3.8) is 0 Å². The van der Waals surface area contributed by atoms with Crippen molar-refractivity contribution < 1.29 is 37.3 Å². The van der Waals surface area contributed by atoms with Crippen molar-refractivity contribution in [3.8, 4) is 0 Å². The summed E-state index contributed by atoms with van der Waals surface area (Å²) in [6, 6.07) is -1.09. The van der Waals surface area contributed by atoms with Crippen LogP contribution in [0.2, 0.25) is 0 Å². The molecule has 0 bridgehead atoms. The summed E-state index contributed by atoms with van der Waals surface area (Å²) in [5.41, 5.74) is -0.660. The highest BCUT2D eigenvalue weighted by Crippen LogP contribution is 2.49. The minimum atomic E-state index is -4.10. The molecule has 180 valence electrons. The number of nitrogens with one attached hydrogen (secondary N) is 3. The lowest BCUT2D eigenvalue weighted by Gasteiger charge is -2.22. The molecule has 3 amide bonds. The van der Waals surface area contributed by atoms with E-state index in [4.69, 9.17) is 18.3 Å². The van der Waals surface area contributed by atoms with Crippen LogP contribution in [0, 0.1) is 5.92 Å². The maximum atomic E-state index is 12.8. The van der Waals surface area contributed by atoms with Gasteiger partial charge in [0.25, 0.3) is 0 Å². The van der Waals surface area contributed by atoms with Crippen LogP contribution in [-0.4, -0.2) is 63.0 Å². The second-order valence-corrected chi connectivity index (χ2v) is 9.35. The summed E-state index contributed by atoms with van der Waals surface area (Å²) >= 11 is 0. The van der Waals surface area contributed by atoms with E-state index < -0.39 is 38.1 Å². The van der Waals surface area contributed by atoms with E-state index in [1.54, 1.807) is 20.8 Å². The summed E-state index contributed by atoms with van der Waals surface area (Å²) in [5.74, 6) is -0.237. The van der Waals surface area contributed by atoms with Gasteiger partial charge < -0.3 is 20.7 Å². The molecule has 3 unspecified atom stereocenters. The summed E-state index contributed by atoms with van der Waals surface area (Å²) < 4.78 is 33.4. The van der Waals surface area contributed by atoms with Crippen LogP contribution < -0.4 is 16.0 Å². The van der Waals surface area contributed by atoms with E-state index in [0.29, 0.717) is 13.0 Å². The Morgan fingerprint density at radius 3 is 2.39 bits per heavy atom. The van der Waals surface area contributed by atoms with Crippen LogP contribution in [-0.2, 0) is 32.5 Å². The van der Waals surface area contributed by atoms with E-state index >= 15 is 0 Å². The Morgan fingerprint density at radius 1 is 1.16 bits per heavy atom. The highest BCUT2D eigenvalue weighted by atomic mass is 31.2. The number of amides is 3. The number of hydrogen-bond acceptors (Lipinski definition) is 8. The fourth-order valence-corrected chi connectivity index (χ4v) is 3.03. The van der Waals surface area contributed by atoms with Gasteiger partial charge in [0.1, 0.15) is 11.6 Å². The Bertz CT molecular complexity index is 624. The molecule has 0 radical (unpaired) electrons. The van der Waals surface area contributed by atoms with Crippen LogP contribution in [0.15, 0.2) is 12.7 Å². The zero-order chi connectivity index (χ0) is 23.9. The van der Waals surface area contributed by atoms with Crippen LogP contribution in [0.3, 0.4) is 0 Å². The van der Waals surface area contributed by atoms with Crippen molar-refractivity contribution in [1.82, 2.24) is 16.0 Å². The summed E-state index contributed by atoms with van der Waals surface area (Å²) in [4.78, 5) is 34.7. The number of carbonyl (C=O) groups is 3. The average molecular weight is 465 g/mol. The SMILES string of the molecule is C=CCOP(=O)(OCCNC(=O)OC(C)(C)C)OCC(NC=O)C(=O)NCC(C)CC. The molecule has 0 aromatic carbocycles. The van der Waals surface area contributed by atoms with Gasteiger partial charge in [-0.25, -0.2) is 9.36 Å².